The van der Waals surface area contributed by atoms with E-state index < -0.39 is 6.10 Å². The van der Waals surface area contributed by atoms with Crippen LogP contribution in [0.25, 0.3) is 0 Å². The van der Waals surface area contributed by atoms with E-state index in [0.717, 1.165) is 11.3 Å². The quantitative estimate of drug-likeness (QED) is 0.499. The summed E-state index contributed by atoms with van der Waals surface area (Å²) in [4.78, 5) is 4.45. The average Bonchev–Trinajstić information content (AvgIpc) is 2.65. The maximum absolute atomic E-state index is 9.77. The minimum atomic E-state index is -0.407. The Balaban J connectivity index is 2.07. The van der Waals surface area contributed by atoms with Crippen LogP contribution in [-0.2, 0) is 0 Å². The Bertz CT molecular complexity index is 717. The summed E-state index contributed by atoms with van der Waals surface area (Å²) in [5.74, 6) is 1.67. The minimum Gasteiger partial charge on any atom is -0.493 e. The molecule has 2 atom stereocenters. The van der Waals surface area contributed by atoms with Gasteiger partial charge in [-0.25, -0.2) is 0 Å². The lowest BCUT2D eigenvalue weighted by Crippen LogP contribution is -2.24. The predicted molar refractivity (Wildman–Crippen MR) is 105 cm³/mol. The van der Waals surface area contributed by atoms with E-state index in [-0.39, 0.29) is 5.92 Å². The summed E-state index contributed by atoms with van der Waals surface area (Å²) in [5.41, 5.74) is 7.92. The number of methoxy groups -OCH3 is 2. The van der Waals surface area contributed by atoms with E-state index in [0.29, 0.717) is 30.4 Å². The Morgan fingerprint density at radius 3 is 2.42 bits per heavy atom. The molecule has 2 rings (SSSR count). The molecule has 0 bridgehead atoms. The molecule has 26 heavy (non-hydrogen) atoms. The molecule has 0 aliphatic carbocycles. The molecule has 0 aliphatic rings. The summed E-state index contributed by atoms with van der Waals surface area (Å²) in [5, 5.41) is 12.8. The van der Waals surface area contributed by atoms with Crippen molar-refractivity contribution in [3.63, 3.8) is 0 Å². The fourth-order valence-electron chi connectivity index (χ4n) is 2.76. The van der Waals surface area contributed by atoms with Gasteiger partial charge in [0.1, 0.15) is 0 Å². The van der Waals surface area contributed by atoms with Crippen molar-refractivity contribution in [1.82, 2.24) is 0 Å². The number of anilines is 1. The van der Waals surface area contributed by atoms with Gasteiger partial charge in [0.05, 0.1) is 20.3 Å². The summed E-state index contributed by atoms with van der Waals surface area (Å²) < 4.78 is 10.5. The number of aliphatic hydroxyl groups excluding tert-OH is 1. The molecule has 0 radical (unpaired) electrons. The topological polar surface area (TPSA) is 89.1 Å². The molecule has 0 saturated heterocycles. The molecular weight excluding hydrogens is 330 g/mol. The number of nitrogens with one attached hydrogen (secondary N) is 1. The molecule has 6 heteroatoms. The lowest BCUT2D eigenvalue weighted by atomic mass is 9.93. The monoisotopic (exact) mass is 357 g/mol. The first-order chi connectivity index (χ1) is 12.5. The Labute approximate surface area is 154 Å². The van der Waals surface area contributed by atoms with Crippen LogP contribution in [0, 0.1) is 0 Å². The van der Waals surface area contributed by atoms with Crippen LogP contribution in [-0.4, -0.2) is 37.9 Å². The maximum Gasteiger partial charge on any atom is 0.193 e. The highest BCUT2D eigenvalue weighted by Crippen LogP contribution is 2.29. The van der Waals surface area contributed by atoms with E-state index in [4.69, 9.17) is 15.2 Å². The number of nitrogens with two attached hydrogens (primary N) is 1. The number of aliphatic imine (C=N–C) groups is 1. The van der Waals surface area contributed by atoms with Gasteiger partial charge in [-0.3, -0.25) is 4.99 Å². The molecule has 0 amide bonds. The smallest absolute Gasteiger partial charge is 0.193 e. The predicted octanol–water partition coefficient (Wildman–Crippen LogP) is 2.99. The summed E-state index contributed by atoms with van der Waals surface area (Å²) in [6.45, 7) is 2.27. The molecule has 0 heterocycles. The molecule has 0 fully saturated rings. The van der Waals surface area contributed by atoms with Gasteiger partial charge in [-0.2, -0.15) is 0 Å². The first-order valence-electron chi connectivity index (χ1n) is 8.55. The van der Waals surface area contributed by atoms with Gasteiger partial charge in [-0.1, -0.05) is 30.3 Å². The number of ether oxygens (including phenoxy) is 2. The van der Waals surface area contributed by atoms with Crippen LogP contribution >= 0.6 is 0 Å². The molecule has 0 aromatic heterocycles. The number of guanidine groups is 1. The van der Waals surface area contributed by atoms with Crippen molar-refractivity contribution in [3.05, 3.63) is 54.1 Å². The highest BCUT2D eigenvalue weighted by molar-refractivity contribution is 5.92. The lowest BCUT2D eigenvalue weighted by molar-refractivity contribution is 0.175. The molecule has 2 unspecified atom stereocenters. The van der Waals surface area contributed by atoms with E-state index >= 15 is 0 Å². The van der Waals surface area contributed by atoms with E-state index in [1.54, 1.807) is 33.3 Å². The highest BCUT2D eigenvalue weighted by atomic mass is 16.5. The Kier molecular flexibility index (Phi) is 7.29. The highest BCUT2D eigenvalue weighted by Gasteiger charge is 2.14. The minimum absolute atomic E-state index is 0.0990. The third-order valence-corrected chi connectivity index (χ3v) is 4.03. The van der Waals surface area contributed by atoms with Crippen LogP contribution in [0.3, 0.4) is 0 Å². The molecule has 0 saturated carbocycles. The van der Waals surface area contributed by atoms with Crippen LogP contribution < -0.4 is 20.5 Å². The van der Waals surface area contributed by atoms with Crippen molar-refractivity contribution in [2.24, 2.45) is 10.7 Å². The molecule has 4 N–H and O–H groups in total. The number of rotatable bonds is 8. The van der Waals surface area contributed by atoms with Crippen molar-refractivity contribution >= 4 is 11.6 Å². The van der Waals surface area contributed by atoms with Gasteiger partial charge in [0, 0.05) is 24.2 Å². The first-order valence-corrected chi connectivity index (χ1v) is 8.55. The fourth-order valence-corrected chi connectivity index (χ4v) is 2.76. The molecule has 2 aromatic carbocycles. The second kappa shape index (κ2) is 9.68. The second-order valence-corrected chi connectivity index (χ2v) is 6.11. The van der Waals surface area contributed by atoms with Crippen molar-refractivity contribution < 1.29 is 14.6 Å². The van der Waals surface area contributed by atoms with Gasteiger partial charge in [-0.05, 0) is 31.0 Å². The zero-order valence-corrected chi connectivity index (χ0v) is 15.5. The van der Waals surface area contributed by atoms with Crippen LogP contribution in [0.1, 0.15) is 24.8 Å². The summed E-state index contributed by atoms with van der Waals surface area (Å²) in [6.07, 6.45) is 0.215. The van der Waals surface area contributed by atoms with Crippen LogP contribution in [0.2, 0.25) is 0 Å². The third kappa shape index (κ3) is 5.67. The van der Waals surface area contributed by atoms with Gasteiger partial charge < -0.3 is 25.6 Å². The van der Waals surface area contributed by atoms with Gasteiger partial charge in [0.2, 0.25) is 0 Å². The van der Waals surface area contributed by atoms with Crippen molar-refractivity contribution in [2.45, 2.75) is 25.4 Å². The lowest BCUT2D eigenvalue weighted by Gasteiger charge is -2.17. The van der Waals surface area contributed by atoms with Crippen molar-refractivity contribution in [1.29, 1.82) is 0 Å². The number of nitrogens with zero attached hydrogens (tertiary/aromatic N) is 1. The molecule has 2 aromatic rings. The zero-order valence-electron chi connectivity index (χ0n) is 15.5. The zero-order chi connectivity index (χ0) is 18.9. The van der Waals surface area contributed by atoms with Gasteiger partial charge in [-0.15, -0.1) is 0 Å². The van der Waals surface area contributed by atoms with Crippen molar-refractivity contribution in [2.75, 3.05) is 26.1 Å². The fraction of sp³-hybridized carbons (Fsp3) is 0.350. The number of benzene rings is 2. The molecule has 140 valence electrons. The Morgan fingerprint density at radius 1 is 1.12 bits per heavy atom. The van der Waals surface area contributed by atoms with E-state index in [1.165, 1.54) is 0 Å². The maximum atomic E-state index is 9.77. The van der Waals surface area contributed by atoms with E-state index in [1.807, 2.05) is 36.4 Å². The van der Waals surface area contributed by atoms with E-state index in [2.05, 4.69) is 10.3 Å². The summed E-state index contributed by atoms with van der Waals surface area (Å²) in [6, 6.07) is 15.5. The Hall–Kier alpha value is -2.73. The summed E-state index contributed by atoms with van der Waals surface area (Å²) >= 11 is 0. The normalized spacial score (nSPS) is 13.8. The second-order valence-electron chi connectivity index (χ2n) is 6.11. The van der Waals surface area contributed by atoms with Crippen LogP contribution in [0.15, 0.2) is 53.5 Å². The SMILES string of the molecule is COc1ccc(NC(N)=NCC(CC(C)O)c2ccccc2)cc1OC. The molecule has 0 aliphatic heterocycles. The number of hydrogen-bond acceptors (Lipinski definition) is 4. The van der Waals surface area contributed by atoms with Crippen molar-refractivity contribution in [3.8, 4) is 11.5 Å². The third-order valence-electron chi connectivity index (χ3n) is 4.03. The Morgan fingerprint density at radius 2 is 1.81 bits per heavy atom. The van der Waals surface area contributed by atoms with E-state index in [9.17, 15) is 5.11 Å². The molecule has 0 spiro atoms. The average molecular weight is 357 g/mol. The standard InChI is InChI=1S/C20H27N3O3/c1-14(24)11-16(15-7-5-4-6-8-15)13-22-20(21)23-17-9-10-18(25-2)19(12-17)26-3/h4-10,12,14,16,24H,11,13H2,1-3H3,(H3,21,22,23). The van der Waals surface area contributed by atoms with Gasteiger partial charge >= 0.3 is 0 Å². The van der Waals surface area contributed by atoms with Crippen LogP contribution in [0.5, 0.6) is 11.5 Å². The van der Waals surface area contributed by atoms with Crippen LogP contribution in [0.4, 0.5) is 5.69 Å². The molecule has 6 nitrogen and oxygen atoms in total. The summed E-state index contributed by atoms with van der Waals surface area (Å²) in [7, 11) is 3.17. The largest absolute Gasteiger partial charge is 0.493 e. The van der Waals surface area contributed by atoms with Gasteiger partial charge in [0.15, 0.2) is 17.5 Å². The molecular formula is C20H27N3O3. The first kappa shape index (κ1) is 19.6. The number of hydrogen-bond donors (Lipinski definition) is 3. The van der Waals surface area contributed by atoms with Gasteiger partial charge in [0.25, 0.3) is 0 Å². The number of aliphatic hydroxyl groups is 1.